The highest BCUT2D eigenvalue weighted by Gasteiger charge is 2.05. The third-order valence-electron chi connectivity index (χ3n) is 1.94. The fraction of sp³-hybridized carbons (Fsp3) is 0.778. The molecule has 0 amide bonds. The lowest BCUT2D eigenvalue weighted by atomic mass is 10.3. The van der Waals surface area contributed by atoms with Crippen molar-refractivity contribution in [3.63, 3.8) is 0 Å². The Hall–Kier alpha value is -0.150. The molecular formula is C9H19NOS. The standard InChI is InChI=1S/C9H19NOS/c1-5-8(2)10-7-6-9(3)12(4)11/h5,8-10H,1,6-7H2,2-4H3. The highest BCUT2D eigenvalue weighted by Crippen LogP contribution is 1.97. The fourth-order valence-corrected chi connectivity index (χ4v) is 1.21. The van der Waals surface area contributed by atoms with Gasteiger partial charge < -0.3 is 5.32 Å². The molecular weight excluding hydrogens is 170 g/mol. The molecule has 0 aromatic heterocycles. The Morgan fingerprint density at radius 2 is 2.17 bits per heavy atom. The summed E-state index contributed by atoms with van der Waals surface area (Å²) >= 11 is 0. The molecule has 0 aromatic carbocycles. The Labute approximate surface area is 77.9 Å². The van der Waals surface area contributed by atoms with Crippen LogP contribution in [0.2, 0.25) is 0 Å². The third kappa shape index (κ3) is 5.49. The summed E-state index contributed by atoms with van der Waals surface area (Å²) in [6.07, 6.45) is 4.58. The minimum absolute atomic E-state index is 0.287. The molecule has 0 saturated carbocycles. The van der Waals surface area contributed by atoms with Gasteiger partial charge in [0, 0.05) is 28.3 Å². The maximum Gasteiger partial charge on any atom is 0.0329 e. The van der Waals surface area contributed by atoms with Crippen LogP contribution in [0.25, 0.3) is 0 Å². The normalized spacial score (nSPS) is 18.2. The van der Waals surface area contributed by atoms with E-state index in [4.69, 9.17) is 0 Å². The molecule has 0 aromatic rings. The van der Waals surface area contributed by atoms with E-state index in [9.17, 15) is 4.21 Å². The van der Waals surface area contributed by atoms with Gasteiger partial charge in [-0.05, 0) is 19.9 Å². The third-order valence-corrected chi connectivity index (χ3v) is 3.31. The predicted octanol–water partition coefficient (Wildman–Crippen LogP) is 1.31. The smallest absolute Gasteiger partial charge is 0.0329 e. The van der Waals surface area contributed by atoms with Gasteiger partial charge in [0.05, 0.1) is 0 Å². The van der Waals surface area contributed by atoms with Crippen molar-refractivity contribution in [2.75, 3.05) is 12.8 Å². The van der Waals surface area contributed by atoms with Crippen LogP contribution >= 0.6 is 0 Å². The molecule has 0 bridgehead atoms. The van der Waals surface area contributed by atoms with Crippen LogP contribution in [0.15, 0.2) is 12.7 Å². The minimum atomic E-state index is -0.693. The Bertz CT molecular complexity index is 159. The first kappa shape index (κ1) is 11.8. The predicted molar refractivity (Wildman–Crippen MR) is 55.8 cm³/mol. The van der Waals surface area contributed by atoms with E-state index in [1.165, 1.54) is 0 Å². The van der Waals surface area contributed by atoms with Crippen LogP contribution in [-0.2, 0) is 10.8 Å². The van der Waals surface area contributed by atoms with E-state index in [1.807, 2.05) is 13.0 Å². The molecule has 0 aliphatic heterocycles. The number of rotatable bonds is 6. The van der Waals surface area contributed by atoms with Crippen LogP contribution in [0.3, 0.4) is 0 Å². The van der Waals surface area contributed by atoms with Crippen LogP contribution < -0.4 is 5.32 Å². The van der Waals surface area contributed by atoms with Crippen molar-refractivity contribution < 1.29 is 4.21 Å². The van der Waals surface area contributed by atoms with Crippen molar-refractivity contribution in [2.45, 2.75) is 31.6 Å². The molecule has 0 spiro atoms. The molecule has 0 radical (unpaired) electrons. The van der Waals surface area contributed by atoms with Gasteiger partial charge in [-0.2, -0.15) is 0 Å². The Morgan fingerprint density at radius 3 is 2.58 bits per heavy atom. The second-order valence-electron chi connectivity index (χ2n) is 3.08. The van der Waals surface area contributed by atoms with E-state index in [0.29, 0.717) is 6.04 Å². The SMILES string of the molecule is C=CC(C)NCCC(C)S(C)=O. The summed E-state index contributed by atoms with van der Waals surface area (Å²) in [4.78, 5) is 0. The van der Waals surface area contributed by atoms with Crippen molar-refractivity contribution in [2.24, 2.45) is 0 Å². The molecule has 0 heterocycles. The van der Waals surface area contributed by atoms with Crippen molar-refractivity contribution in [1.29, 1.82) is 0 Å². The summed E-state index contributed by atoms with van der Waals surface area (Å²) in [6.45, 7) is 8.65. The summed E-state index contributed by atoms with van der Waals surface area (Å²) in [7, 11) is -0.693. The first-order chi connectivity index (χ1) is 5.57. The zero-order valence-corrected chi connectivity index (χ0v) is 8.99. The number of hydrogen-bond acceptors (Lipinski definition) is 2. The molecule has 0 aliphatic carbocycles. The molecule has 12 heavy (non-hydrogen) atoms. The van der Waals surface area contributed by atoms with Crippen molar-refractivity contribution in [1.82, 2.24) is 5.32 Å². The quantitative estimate of drug-likeness (QED) is 0.638. The van der Waals surface area contributed by atoms with Gasteiger partial charge in [0.2, 0.25) is 0 Å². The summed E-state index contributed by atoms with van der Waals surface area (Å²) in [5, 5.41) is 3.55. The number of nitrogens with one attached hydrogen (secondary N) is 1. The van der Waals surface area contributed by atoms with E-state index in [2.05, 4.69) is 18.8 Å². The summed E-state index contributed by atoms with van der Waals surface area (Å²) in [5.41, 5.74) is 0. The van der Waals surface area contributed by atoms with Crippen molar-refractivity contribution in [3.05, 3.63) is 12.7 Å². The van der Waals surface area contributed by atoms with E-state index < -0.39 is 10.8 Å². The second kappa shape index (κ2) is 6.38. The molecule has 3 heteroatoms. The van der Waals surface area contributed by atoms with Gasteiger partial charge in [-0.25, -0.2) is 0 Å². The van der Waals surface area contributed by atoms with E-state index in [-0.39, 0.29) is 5.25 Å². The van der Waals surface area contributed by atoms with E-state index in [1.54, 1.807) is 6.26 Å². The Kier molecular flexibility index (Phi) is 6.30. The van der Waals surface area contributed by atoms with Gasteiger partial charge in [0.25, 0.3) is 0 Å². The molecule has 0 saturated heterocycles. The molecule has 0 fully saturated rings. The molecule has 72 valence electrons. The zero-order valence-electron chi connectivity index (χ0n) is 8.17. The monoisotopic (exact) mass is 189 g/mol. The molecule has 0 rings (SSSR count). The van der Waals surface area contributed by atoms with Gasteiger partial charge in [-0.1, -0.05) is 13.0 Å². The van der Waals surface area contributed by atoms with Crippen LogP contribution in [-0.4, -0.2) is 28.3 Å². The van der Waals surface area contributed by atoms with Crippen LogP contribution in [0, 0.1) is 0 Å². The van der Waals surface area contributed by atoms with Gasteiger partial charge in [-0.15, -0.1) is 6.58 Å². The Balaban J connectivity index is 3.43. The van der Waals surface area contributed by atoms with Gasteiger partial charge in [0.1, 0.15) is 0 Å². The second-order valence-corrected chi connectivity index (χ2v) is 4.88. The topological polar surface area (TPSA) is 29.1 Å². The summed E-state index contributed by atoms with van der Waals surface area (Å²) < 4.78 is 11.0. The number of hydrogen-bond donors (Lipinski definition) is 1. The average Bonchev–Trinajstić information content (AvgIpc) is 2.03. The fourth-order valence-electron chi connectivity index (χ4n) is 0.764. The van der Waals surface area contributed by atoms with Crippen LogP contribution in [0.4, 0.5) is 0 Å². The molecule has 0 aliphatic rings. The van der Waals surface area contributed by atoms with E-state index >= 15 is 0 Å². The Morgan fingerprint density at radius 1 is 1.58 bits per heavy atom. The lowest BCUT2D eigenvalue weighted by Crippen LogP contribution is -2.27. The molecule has 3 unspecified atom stereocenters. The van der Waals surface area contributed by atoms with Crippen molar-refractivity contribution in [3.8, 4) is 0 Å². The molecule has 2 nitrogen and oxygen atoms in total. The van der Waals surface area contributed by atoms with Crippen LogP contribution in [0.1, 0.15) is 20.3 Å². The van der Waals surface area contributed by atoms with Gasteiger partial charge in [-0.3, -0.25) is 4.21 Å². The highest BCUT2D eigenvalue weighted by molar-refractivity contribution is 7.84. The molecule has 1 N–H and O–H groups in total. The largest absolute Gasteiger partial charge is 0.311 e. The molecule has 3 atom stereocenters. The van der Waals surface area contributed by atoms with Gasteiger partial charge in [0.15, 0.2) is 0 Å². The minimum Gasteiger partial charge on any atom is -0.311 e. The summed E-state index contributed by atoms with van der Waals surface area (Å²) in [6, 6.07) is 0.350. The first-order valence-electron chi connectivity index (χ1n) is 4.26. The lowest BCUT2D eigenvalue weighted by Gasteiger charge is -2.11. The van der Waals surface area contributed by atoms with Gasteiger partial charge >= 0.3 is 0 Å². The average molecular weight is 189 g/mol. The highest BCUT2D eigenvalue weighted by atomic mass is 32.2. The van der Waals surface area contributed by atoms with Crippen LogP contribution in [0.5, 0.6) is 0 Å². The first-order valence-corrected chi connectivity index (χ1v) is 5.88. The maximum absolute atomic E-state index is 11.0. The van der Waals surface area contributed by atoms with E-state index in [0.717, 1.165) is 13.0 Å². The maximum atomic E-state index is 11.0. The lowest BCUT2D eigenvalue weighted by molar-refractivity contribution is 0.597. The zero-order chi connectivity index (χ0) is 9.56. The van der Waals surface area contributed by atoms with Crippen molar-refractivity contribution >= 4 is 10.8 Å². The summed E-state index contributed by atoms with van der Waals surface area (Å²) in [5.74, 6) is 0.